The molecule has 0 fully saturated rings. The predicted molar refractivity (Wildman–Crippen MR) is 197 cm³/mol. The first-order valence-corrected chi connectivity index (χ1v) is 18.7. The molecule has 0 aliphatic heterocycles. The Kier molecular flexibility index (Phi) is 31.5. The van der Waals surface area contributed by atoms with Gasteiger partial charge in [-0.3, -0.25) is 24.0 Å². The van der Waals surface area contributed by atoms with Crippen molar-refractivity contribution in [2.75, 3.05) is 98.2 Å². The maximum atomic E-state index is 12.4. The lowest BCUT2D eigenvalue weighted by atomic mass is 10.1. The molecular formula is C35H71N9O5. The smallest absolute Gasteiger partial charge is 0.221 e. The summed E-state index contributed by atoms with van der Waals surface area (Å²) in [6.07, 6.45) is 8.30. The first-order valence-electron chi connectivity index (χ1n) is 18.7. The summed E-state index contributed by atoms with van der Waals surface area (Å²) in [6, 6.07) is 0. The lowest BCUT2D eigenvalue weighted by Crippen LogP contribution is -2.37. The van der Waals surface area contributed by atoms with Gasteiger partial charge in [-0.15, -0.1) is 0 Å². The zero-order valence-corrected chi connectivity index (χ0v) is 30.5. The molecule has 286 valence electrons. The van der Waals surface area contributed by atoms with Gasteiger partial charge in [0, 0.05) is 104 Å². The van der Waals surface area contributed by atoms with Crippen LogP contribution in [0.2, 0.25) is 0 Å². The van der Waals surface area contributed by atoms with Crippen LogP contribution in [0, 0.1) is 0 Å². The second kappa shape index (κ2) is 33.0. The zero-order valence-electron chi connectivity index (χ0n) is 30.5. The van der Waals surface area contributed by atoms with E-state index in [1.807, 2.05) is 0 Å². The van der Waals surface area contributed by atoms with Gasteiger partial charge in [0.15, 0.2) is 0 Å². The van der Waals surface area contributed by atoms with Crippen molar-refractivity contribution in [3.05, 3.63) is 0 Å². The second-order valence-corrected chi connectivity index (χ2v) is 12.8. The van der Waals surface area contributed by atoms with E-state index < -0.39 is 0 Å². The highest BCUT2D eigenvalue weighted by molar-refractivity contribution is 5.80. The summed E-state index contributed by atoms with van der Waals surface area (Å²) < 4.78 is 0. The van der Waals surface area contributed by atoms with Gasteiger partial charge in [0.25, 0.3) is 0 Å². The molecule has 0 spiro atoms. The molecule has 0 aromatic heterocycles. The van der Waals surface area contributed by atoms with E-state index in [1.165, 1.54) is 0 Å². The third-order valence-electron chi connectivity index (χ3n) is 8.49. The topological polar surface area (TPSA) is 237 Å². The molecule has 0 radical (unpaired) electrons. The summed E-state index contributed by atoms with van der Waals surface area (Å²) in [5.41, 5.74) is 27.8. The van der Waals surface area contributed by atoms with Gasteiger partial charge < -0.3 is 48.7 Å². The van der Waals surface area contributed by atoms with Crippen molar-refractivity contribution in [1.82, 2.24) is 20.0 Å². The van der Waals surface area contributed by atoms with Gasteiger partial charge in [0.1, 0.15) is 23.1 Å². The molecule has 0 aliphatic rings. The Bertz CT molecular complexity index is 788. The fraction of sp³-hybridized carbons (Fsp3) is 0.857. The number of carbonyl (C=O) groups is 5. The Morgan fingerprint density at radius 1 is 0.347 bits per heavy atom. The number of nitrogens with two attached hydrogens (primary N) is 5. The lowest BCUT2D eigenvalue weighted by molar-refractivity contribution is -0.121. The molecule has 0 aromatic carbocycles. The van der Waals surface area contributed by atoms with E-state index in [1.54, 1.807) is 0 Å². The number of amides is 1. The van der Waals surface area contributed by atoms with E-state index in [4.69, 9.17) is 28.7 Å². The molecule has 49 heavy (non-hydrogen) atoms. The van der Waals surface area contributed by atoms with Gasteiger partial charge in [0.2, 0.25) is 5.91 Å². The van der Waals surface area contributed by atoms with Crippen molar-refractivity contribution in [2.45, 2.75) is 96.3 Å². The fourth-order valence-corrected chi connectivity index (χ4v) is 5.43. The molecular weight excluding hydrogens is 626 g/mol. The normalized spacial score (nSPS) is 11.5. The van der Waals surface area contributed by atoms with Crippen LogP contribution in [0.3, 0.4) is 0 Å². The molecule has 0 saturated carbocycles. The first-order chi connectivity index (χ1) is 23.7. The summed E-state index contributed by atoms with van der Waals surface area (Å²) in [7, 11) is 0. The highest BCUT2D eigenvalue weighted by Crippen LogP contribution is 2.07. The number of Topliss-reactive ketones (excluding diaryl/α,β-unsaturated/α-hetero) is 4. The Morgan fingerprint density at radius 3 is 0.918 bits per heavy atom. The van der Waals surface area contributed by atoms with Crippen LogP contribution < -0.4 is 34.0 Å². The van der Waals surface area contributed by atoms with Gasteiger partial charge in [-0.1, -0.05) is 0 Å². The third kappa shape index (κ3) is 29.3. The molecule has 0 heterocycles. The molecule has 0 bridgehead atoms. The van der Waals surface area contributed by atoms with E-state index in [0.29, 0.717) is 155 Å². The van der Waals surface area contributed by atoms with E-state index in [2.05, 4.69) is 20.0 Å². The molecule has 0 rings (SSSR count). The number of hydrogen-bond donors (Lipinski definition) is 6. The van der Waals surface area contributed by atoms with Gasteiger partial charge in [-0.05, 0) is 90.9 Å². The van der Waals surface area contributed by atoms with Crippen LogP contribution in [0.15, 0.2) is 0 Å². The highest BCUT2D eigenvalue weighted by Gasteiger charge is 2.15. The average Bonchev–Trinajstić information content (AvgIpc) is 3.10. The average molecular weight is 698 g/mol. The quantitative estimate of drug-likeness (QED) is 0.0499. The largest absolute Gasteiger partial charge is 0.355 e. The molecule has 0 unspecified atom stereocenters. The Morgan fingerprint density at radius 2 is 0.633 bits per heavy atom. The van der Waals surface area contributed by atoms with Crippen LogP contribution in [0.5, 0.6) is 0 Å². The lowest BCUT2D eigenvalue weighted by Gasteiger charge is -2.27. The van der Waals surface area contributed by atoms with Gasteiger partial charge in [-0.2, -0.15) is 0 Å². The molecule has 0 atom stereocenters. The third-order valence-corrected chi connectivity index (χ3v) is 8.49. The number of carbonyl (C=O) groups excluding carboxylic acids is 5. The molecule has 14 nitrogen and oxygen atoms in total. The number of hydrogen-bond acceptors (Lipinski definition) is 13. The molecule has 14 heteroatoms. The van der Waals surface area contributed by atoms with E-state index in [0.717, 1.165) is 39.0 Å². The molecule has 0 saturated heterocycles. The maximum Gasteiger partial charge on any atom is 0.221 e. The highest BCUT2D eigenvalue weighted by atomic mass is 16.2. The number of nitrogens with zero attached hydrogens (tertiary/aromatic N) is 3. The van der Waals surface area contributed by atoms with Gasteiger partial charge in [-0.25, -0.2) is 0 Å². The fourth-order valence-electron chi connectivity index (χ4n) is 5.43. The van der Waals surface area contributed by atoms with Crippen LogP contribution in [0.4, 0.5) is 0 Å². The summed E-state index contributed by atoms with van der Waals surface area (Å²) >= 11 is 0. The number of rotatable bonds is 37. The van der Waals surface area contributed by atoms with Crippen molar-refractivity contribution in [3.8, 4) is 0 Å². The van der Waals surface area contributed by atoms with Crippen LogP contribution >= 0.6 is 0 Å². The maximum absolute atomic E-state index is 12.4. The van der Waals surface area contributed by atoms with Crippen LogP contribution in [0.1, 0.15) is 96.3 Å². The second-order valence-electron chi connectivity index (χ2n) is 12.8. The summed E-state index contributed by atoms with van der Waals surface area (Å²) in [5, 5.41) is 2.84. The minimum Gasteiger partial charge on any atom is -0.355 e. The molecule has 11 N–H and O–H groups in total. The Balaban J connectivity index is 5.35. The predicted octanol–water partition coefficient (Wildman–Crippen LogP) is -0.0700. The van der Waals surface area contributed by atoms with Crippen LogP contribution in [0.25, 0.3) is 0 Å². The summed E-state index contributed by atoms with van der Waals surface area (Å²) in [4.78, 5) is 68.5. The van der Waals surface area contributed by atoms with Gasteiger partial charge in [0.05, 0.1) is 0 Å². The zero-order chi connectivity index (χ0) is 36.5. The minimum absolute atomic E-state index is 0.0438. The monoisotopic (exact) mass is 698 g/mol. The van der Waals surface area contributed by atoms with Crippen LogP contribution in [-0.4, -0.2) is 142 Å². The summed E-state index contributed by atoms with van der Waals surface area (Å²) in [6.45, 7) is 8.69. The van der Waals surface area contributed by atoms with Crippen LogP contribution in [-0.2, 0) is 24.0 Å². The molecule has 0 aliphatic carbocycles. The minimum atomic E-state index is -0.0438. The van der Waals surface area contributed by atoms with E-state index in [-0.39, 0.29) is 29.0 Å². The summed E-state index contributed by atoms with van der Waals surface area (Å²) in [5.74, 6) is 0.685. The number of ketones is 4. The van der Waals surface area contributed by atoms with E-state index >= 15 is 0 Å². The van der Waals surface area contributed by atoms with Crippen molar-refractivity contribution >= 4 is 29.0 Å². The SMILES string of the molecule is NCCCC(=O)CCN(CCCN(CCCN(CCC(=O)CCCN)CCC(=O)CCCN)CCC(=O)NCCN)CCC(=O)CCCN. The first kappa shape index (κ1) is 46.8. The number of nitrogens with one attached hydrogen (secondary N) is 1. The van der Waals surface area contributed by atoms with Crippen molar-refractivity contribution in [1.29, 1.82) is 0 Å². The Hall–Kier alpha value is -2.17. The Labute approximate surface area is 295 Å². The van der Waals surface area contributed by atoms with Crippen molar-refractivity contribution in [3.63, 3.8) is 0 Å². The van der Waals surface area contributed by atoms with Gasteiger partial charge >= 0.3 is 0 Å². The molecule has 0 aromatic rings. The van der Waals surface area contributed by atoms with Crippen molar-refractivity contribution < 1.29 is 24.0 Å². The molecule has 1 amide bonds. The standard InChI is InChI=1S/C35H71N9O5/c36-16-1-7-31(45)11-26-43(27-12-32(46)8-2-17-37)24-5-22-42(30-15-35(49)41-21-20-40)23-6-25-44(28-13-33(47)9-3-18-38)29-14-34(48)10-4-19-39/h1-30,36-40H2,(H,41,49). The van der Waals surface area contributed by atoms with E-state index in [9.17, 15) is 24.0 Å². The van der Waals surface area contributed by atoms with Crippen molar-refractivity contribution in [2.24, 2.45) is 28.7 Å².